The molecule has 1 saturated carbocycles. The van der Waals surface area contributed by atoms with E-state index in [-0.39, 0.29) is 6.61 Å². The topological polar surface area (TPSA) is 55.9 Å². The first-order chi connectivity index (χ1) is 8.85. The van der Waals surface area contributed by atoms with Gasteiger partial charge in [0.2, 0.25) is 0 Å². The lowest BCUT2D eigenvalue weighted by molar-refractivity contribution is 0.281. The minimum Gasteiger partial charge on any atom is -0.392 e. The second-order valence-corrected chi connectivity index (χ2v) is 4.93. The molecule has 3 rings (SSSR count). The number of hydrogen-bond donors (Lipinski definition) is 1. The van der Waals surface area contributed by atoms with Gasteiger partial charge in [-0.05, 0) is 18.9 Å². The van der Waals surface area contributed by atoms with Crippen molar-refractivity contribution in [1.82, 2.24) is 19.6 Å². The lowest BCUT2D eigenvalue weighted by Gasteiger charge is -2.08. The van der Waals surface area contributed by atoms with E-state index in [0.29, 0.717) is 12.6 Å². The van der Waals surface area contributed by atoms with E-state index in [2.05, 4.69) is 27.1 Å². The van der Waals surface area contributed by atoms with Gasteiger partial charge in [-0.3, -0.25) is 9.36 Å². The number of aliphatic hydroxyl groups is 1. The molecule has 2 aromatic rings. The van der Waals surface area contributed by atoms with E-state index in [4.69, 9.17) is 5.11 Å². The van der Waals surface area contributed by atoms with Gasteiger partial charge in [0.15, 0.2) is 0 Å². The highest BCUT2D eigenvalue weighted by molar-refractivity contribution is 5.05. The average molecular weight is 246 g/mol. The molecule has 0 aromatic carbocycles. The first-order valence-corrected chi connectivity index (χ1v) is 6.51. The Morgan fingerprint density at radius 2 is 2.17 bits per heavy atom. The fraction of sp³-hybridized carbons (Fsp3) is 0.538. The Morgan fingerprint density at radius 3 is 2.89 bits per heavy atom. The van der Waals surface area contributed by atoms with Crippen LogP contribution in [0.25, 0.3) is 0 Å². The summed E-state index contributed by atoms with van der Waals surface area (Å²) >= 11 is 0. The molecule has 0 amide bonds. The number of aliphatic hydroxyl groups excluding tert-OH is 1. The molecule has 0 saturated heterocycles. The van der Waals surface area contributed by atoms with Crippen molar-refractivity contribution in [3.8, 4) is 0 Å². The second-order valence-electron chi connectivity index (χ2n) is 4.93. The molecule has 0 atom stereocenters. The van der Waals surface area contributed by atoms with Gasteiger partial charge in [0.25, 0.3) is 0 Å². The maximum Gasteiger partial charge on any atom is 0.0849 e. The van der Waals surface area contributed by atoms with Crippen molar-refractivity contribution in [3.63, 3.8) is 0 Å². The predicted molar refractivity (Wildman–Crippen MR) is 67.0 cm³/mol. The smallest absolute Gasteiger partial charge is 0.0849 e. The first kappa shape index (κ1) is 11.5. The van der Waals surface area contributed by atoms with Gasteiger partial charge in [0, 0.05) is 18.0 Å². The molecular formula is C13H18N4O. The highest BCUT2D eigenvalue weighted by Crippen LogP contribution is 2.28. The molecule has 1 N–H and O–H groups in total. The molecule has 5 heteroatoms. The van der Waals surface area contributed by atoms with E-state index in [1.807, 2.05) is 10.9 Å². The van der Waals surface area contributed by atoms with E-state index in [0.717, 1.165) is 11.3 Å². The van der Waals surface area contributed by atoms with Crippen molar-refractivity contribution < 1.29 is 5.11 Å². The van der Waals surface area contributed by atoms with Gasteiger partial charge in [-0.25, -0.2) is 0 Å². The summed E-state index contributed by atoms with van der Waals surface area (Å²) in [7, 11) is 0. The molecule has 2 aromatic heterocycles. The number of hydrogen-bond acceptors (Lipinski definition) is 3. The molecule has 2 heterocycles. The third-order valence-corrected chi connectivity index (χ3v) is 3.56. The third kappa shape index (κ3) is 2.31. The Bertz CT molecular complexity index is 511. The van der Waals surface area contributed by atoms with Gasteiger partial charge in [-0.2, -0.15) is 10.2 Å². The van der Waals surface area contributed by atoms with Crippen molar-refractivity contribution in [1.29, 1.82) is 0 Å². The highest BCUT2D eigenvalue weighted by atomic mass is 16.3. The number of nitrogens with zero attached hydrogens (tertiary/aromatic N) is 4. The highest BCUT2D eigenvalue weighted by Gasteiger charge is 2.17. The van der Waals surface area contributed by atoms with Crippen molar-refractivity contribution in [3.05, 3.63) is 35.9 Å². The van der Waals surface area contributed by atoms with Crippen molar-refractivity contribution in [2.75, 3.05) is 0 Å². The zero-order valence-corrected chi connectivity index (χ0v) is 10.4. The third-order valence-electron chi connectivity index (χ3n) is 3.56. The van der Waals surface area contributed by atoms with Gasteiger partial charge >= 0.3 is 0 Å². The van der Waals surface area contributed by atoms with Crippen LogP contribution in [0.3, 0.4) is 0 Å². The Kier molecular flexibility index (Phi) is 3.15. The molecule has 96 valence electrons. The molecule has 0 radical (unpaired) electrons. The van der Waals surface area contributed by atoms with Crippen LogP contribution >= 0.6 is 0 Å². The van der Waals surface area contributed by atoms with Crippen LogP contribution in [0.15, 0.2) is 24.7 Å². The van der Waals surface area contributed by atoms with Crippen LogP contribution in [0.5, 0.6) is 0 Å². The van der Waals surface area contributed by atoms with Crippen LogP contribution in [0.2, 0.25) is 0 Å². The van der Waals surface area contributed by atoms with E-state index in [1.165, 1.54) is 25.7 Å². The summed E-state index contributed by atoms with van der Waals surface area (Å²) in [5, 5.41) is 17.8. The van der Waals surface area contributed by atoms with Crippen molar-refractivity contribution in [2.45, 2.75) is 44.9 Å². The first-order valence-electron chi connectivity index (χ1n) is 6.51. The van der Waals surface area contributed by atoms with Crippen LogP contribution in [0, 0.1) is 0 Å². The molecule has 0 spiro atoms. The van der Waals surface area contributed by atoms with E-state index < -0.39 is 0 Å². The number of aromatic nitrogens is 4. The maximum atomic E-state index is 8.99. The van der Waals surface area contributed by atoms with Crippen molar-refractivity contribution >= 4 is 0 Å². The van der Waals surface area contributed by atoms with Gasteiger partial charge in [-0.15, -0.1) is 0 Å². The summed E-state index contributed by atoms with van der Waals surface area (Å²) < 4.78 is 3.91. The number of rotatable bonds is 4. The summed E-state index contributed by atoms with van der Waals surface area (Å²) in [6.07, 6.45) is 10.7. The van der Waals surface area contributed by atoms with E-state index in [9.17, 15) is 0 Å². The normalized spacial score (nSPS) is 16.5. The molecule has 1 aliphatic rings. The van der Waals surface area contributed by atoms with Crippen LogP contribution in [0.1, 0.15) is 43.0 Å². The maximum absolute atomic E-state index is 8.99. The molecular weight excluding hydrogens is 228 g/mol. The van der Waals surface area contributed by atoms with Gasteiger partial charge in [0.05, 0.1) is 31.1 Å². The standard InChI is InChI=1S/C13H18N4O/c18-10-11-7-14-16(8-11)9-12-5-6-17(15-12)13-3-1-2-4-13/h5-8,13,18H,1-4,9-10H2. The van der Waals surface area contributed by atoms with Gasteiger partial charge < -0.3 is 5.11 Å². The predicted octanol–water partition coefficient (Wildman–Crippen LogP) is 1.74. The molecule has 0 bridgehead atoms. The Labute approximate surface area is 106 Å². The van der Waals surface area contributed by atoms with E-state index >= 15 is 0 Å². The lowest BCUT2D eigenvalue weighted by atomic mass is 10.3. The average Bonchev–Trinajstić information content (AvgIpc) is 3.10. The molecule has 18 heavy (non-hydrogen) atoms. The summed E-state index contributed by atoms with van der Waals surface area (Å²) in [6, 6.07) is 2.64. The fourth-order valence-electron chi connectivity index (χ4n) is 2.57. The van der Waals surface area contributed by atoms with Crippen LogP contribution in [0.4, 0.5) is 0 Å². The minimum atomic E-state index is 0.0382. The van der Waals surface area contributed by atoms with Gasteiger partial charge in [-0.1, -0.05) is 12.8 Å². The quantitative estimate of drug-likeness (QED) is 0.894. The summed E-state index contributed by atoms with van der Waals surface area (Å²) in [4.78, 5) is 0. The Morgan fingerprint density at radius 1 is 1.33 bits per heavy atom. The summed E-state index contributed by atoms with van der Waals surface area (Å²) in [5.41, 5.74) is 1.86. The van der Waals surface area contributed by atoms with Gasteiger partial charge in [0.1, 0.15) is 0 Å². The minimum absolute atomic E-state index is 0.0382. The Hall–Kier alpha value is -1.62. The Balaban J connectivity index is 1.69. The zero-order chi connectivity index (χ0) is 12.4. The fourth-order valence-corrected chi connectivity index (χ4v) is 2.57. The molecule has 0 unspecified atom stereocenters. The van der Waals surface area contributed by atoms with Crippen molar-refractivity contribution in [2.24, 2.45) is 0 Å². The molecule has 0 aliphatic heterocycles. The molecule has 1 aliphatic carbocycles. The zero-order valence-electron chi connectivity index (χ0n) is 10.4. The SMILES string of the molecule is OCc1cnn(Cc2ccn(C3CCCC3)n2)c1. The molecule has 1 fully saturated rings. The monoisotopic (exact) mass is 246 g/mol. The summed E-state index contributed by atoms with van der Waals surface area (Å²) in [6.45, 7) is 0.705. The van der Waals surface area contributed by atoms with Crippen LogP contribution in [-0.4, -0.2) is 24.7 Å². The largest absolute Gasteiger partial charge is 0.392 e. The summed E-state index contributed by atoms with van der Waals surface area (Å²) in [5.74, 6) is 0. The van der Waals surface area contributed by atoms with E-state index in [1.54, 1.807) is 6.20 Å². The lowest BCUT2D eigenvalue weighted by Crippen LogP contribution is -2.07. The molecule has 5 nitrogen and oxygen atoms in total. The van der Waals surface area contributed by atoms with Crippen LogP contribution in [-0.2, 0) is 13.2 Å². The second kappa shape index (κ2) is 4.94. The van der Waals surface area contributed by atoms with Crippen LogP contribution < -0.4 is 0 Å².